The zero-order valence-electron chi connectivity index (χ0n) is 17.0. The van der Waals surface area contributed by atoms with Gasteiger partial charge in [0.15, 0.2) is 4.90 Å². The van der Waals surface area contributed by atoms with Crippen molar-refractivity contribution in [2.24, 2.45) is 5.92 Å². The van der Waals surface area contributed by atoms with Gasteiger partial charge in [0, 0.05) is 11.6 Å². The monoisotopic (exact) mass is 430 g/mol. The number of anilines is 1. The highest BCUT2D eigenvalue weighted by atomic mass is 32.2. The minimum Gasteiger partial charge on any atom is -0.476 e. The molecule has 9 heteroatoms. The van der Waals surface area contributed by atoms with Gasteiger partial charge in [-0.25, -0.2) is 22.6 Å². The minimum atomic E-state index is -4.10. The molecule has 1 unspecified atom stereocenters. The van der Waals surface area contributed by atoms with E-state index in [4.69, 9.17) is 4.74 Å². The number of ether oxygens (including phenoxy) is 1. The van der Waals surface area contributed by atoms with Gasteiger partial charge in [0.1, 0.15) is 0 Å². The Balaban J connectivity index is 1.36. The first-order chi connectivity index (χ1) is 14.5. The molecule has 1 aliphatic heterocycles. The molecule has 160 valence electrons. The van der Waals surface area contributed by atoms with Crippen LogP contribution in [0.4, 0.5) is 10.5 Å². The number of carbonyl (C=O) groups excluding carboxylic acids is 1. The van der Waals surface area contributed by atoms with Gasteiger partial charge < -0.3 is 10.1 Å². The fourth-order valence-corrected chi connectivity index (χ4v) is 5.89. The summed E-state index contributed by atoms with van der Waals surface area (Å²) in [7, 11) is -4.10. The minimum absolute atomic E-state index is 0.105. The van der Waals surface area contributed by atoms with Crippen molar-refractivity contribution in [3.63, 3.8) is 0 Å². The maximum atomic E-state index is 12.8. The molecule has 2 N–H and O–H groups in total. The van der Waals surface area contributed by atoms with Gasteiger partial charge in [0.05, 0.1) is 19.3 Å². The number of aromatic nitrogens is 2. The molecular weight excluding hydrogens is 404 g/mol. The van der Waals surface area contributed by atoms with Crippen molar-refractivity contribution in [2.75, 3.05) is 11.9 Å². The highest BCUT2D eigenvalue weighted by Gasteiger charge is 2.31. The second-order valence-electron chi connectivity index (χ2n) is 8.37. The van der Waals surface area contributed by atoms with Crippen LogP contribution in [0.3, 0.4) is 0 Å². The molecule has 3 aliphatic rings. The number of urea groups is 1. The van der Waals surface area contributed by atoms with E-state index in [1.165, 1.54) is 22.9 Å². The fraction of sp³-hybridized carbons (Fsp3) is 0.524. The molecule has 0 fully saturated rings. The van der Waals surface area contributed by atoms with Crippen molar-refractivity contribution >= 4 is 21.7 Å². The van der Waals surface area contributed by atoms with Gasteiger partial charge in [-0.2, -0.15) is 5.10 Å². The van der Waals surface area contributed by atoms with Crippen LogP contribution in [0.25, 0.3) is 0 Å². The van der Waals surface area contributed by atoms with Gasteiger partial charge in [0.25, 0.3) is 10.0 Å². The lowest BCUT2D eigenvalue weighted by Gasteiger charge is -2.23. The Kier molecular flexibility index (Phi) is 4.72. The summed E-state index contributed by atoms with van der Waals surface area (Å²) in [4.78, 5) is 12.5. The van der Waals surface area contributed by atoms with E-state index >= 15 is 0 Å². The third-order valence-electron chi connectivity index (χ3n) is 6.47. The molecule has 0 radical (unpaired) electrons. The highest BCUT2D eigenvalue weighted by molar-refractivity contribution is 7.90. The van der Waals surface area contributed by atoms with Crippen LogP contribution in [0.5, 0.6) is 5.88 Å². The average Bonchev–Trinajstić information content (AvgIpc) is 3.44. The molecule has 1 aromatic carbocycles. The summed E-state index contributed by atoms with van der Waals surface area (Å²) in [5.74, 6) is 0.490. The first-order valence-electron chi connectivity index (χ1n) is 10.6. The van der Waals surface area contributed by atoms with Crippen molar-refractivity contribution in [3.05, 3.63) is 34.5 Å². The van der Waals surface area contributed by atoms with Crippen LogP contribution >= 0.6 is 0 Å². The number of fused-ring (bicyclic) bond motifs is 4. The lowest BCUT2D eigenvalue weighted by Crippen LogP contribution is -2.35. The molecule has 2 aliphatic carbocycles. The van der Waals surface area contributed by atoms with Crippen LogP contribution < -0.4 is 14.8 Å². The van der Waals surface area contributed by atoms with E-state index in [0.717, 1.165) is 56.2 Å². The molecule has 8 nitrogen and oxygen atoms in total. The third kappa shape index (κ3) is 3.25. The second kappa shape index (κ2) is 7.30. The van der Waals surface area contributed by atoms with Crippen molar-refractivity contribution < 1.29 is 17.9 Å². The van der Waals surface area contributed by atoms with Crippen LogP contribution in [0.1, 0.15) is 48.4 Å². The van der Waals surface area contributed by atoms with Crippen LogP contribution in [-0.2, 0) is 42.3 Å². The van der Waals surface area contributed by atoms with Gasteiger partial charge in [0.2, 0.25) is 5.88 Å². The maximum Gasteiger partial charge on any atom is 0.333 e. The molecule has 2 aromatic rings. The lowest BCUT2D eigenvalue weighted by molar-refractivity contribution is 0.157. The number of amides is 2. The number of benzene rings is 1. The van der Waals surface area contributed by atoms with E-state index < -0.39 is 16.1 Å². The molecule has 1 atom stereocenters. The van der Waals surface area contributed by atoms with Gasteiger partial charge in [-0.3, -0.25) is 0 Å². The zero-order valence-corrected chi connectivity index (χ0v) is 17.8. The predicted molar refractivity (Wildman–Crippen MR) is 111 cm³/mol. The molecule has 30 heavy (non-hydrogen) atoms. The van der Waals surface area contributed by atoms with E-state index in [1.54, 1.807) is 4.68 Å². The summed E-state index contributed by atoms with van der Waals surface area (Å²) >= 11 is 0. The summed E-state index contributed by atoms with van der Waals surface area (Å²) in [6, 6.07) is 1.26. The van der Waals surface area contributed by atoms with E-state index in [-0.39, 0.29) is 10.8 Å². The highest BCUT2D eigenvalue weighted by Crippen LogP contribution is 2.38. The Bertz CT molecular complexity index is 1120. The Morgan fingerprint density at radius 1 is 1.20 bits per heavy atom. The van der Waals surface area contributed by atoms with Crippen LogP contribution in [0, 0.1) is 5.92 Å². The normalized spacial score (nSPS) is 19.6. The molecule has 5 rings (SSSR count). The maximum absolute atomic E-state index is 12.8. The number of nitrogens with one attached hydrogen (secondary N) is 2. The summed E-state index contributed by atoms with van der Waals surface area (Å²) in [6.45, 7) is 3.11. The fourth-order valence-electron chi connectivity index (χ4n) is 4.90. The van der Waals surface area contributed by atoms with Crippen LogP contribution in [-0.4, -0.2) is 30.8 Å². The first kappa shape index (κ1) is 19.4. The average molecular weight is 431 g/mol. The quantitative estimate of drug-likeness (QED) is 0.777. The zero-order chi connectivity index (χ0) is 20.9. The van der Waals surface area contributed by atoms with Crippen molar-refractivity contribution in [1.82, 2.24) is 14.5 Å². The van der Waals surface area contributed by atoms with Crippen molar-refractivity contribution in [2.45, 2.75) is 63.3 Å². The molecule has 0 saturated carbocycles. The Labute approximate surface area is 176 Å². The standard InChI is InChI=1S/C21H26N4O4S/c1-2-13-11-25-20(29-12-13)19(10-22-25)30(27,28)24-21(26)23-18-9-14-5-3-6-15(14)16-7-4-8-17(16)18/h9-10,13H,2-8,11-12H2,1H3,(H2,23,24,26). The van der Waals surface area contributed by atoms with Gasteiger partial charge in [-0.1, -0.05) is 6.92 Å². The van der Waals surface area contributed by atoms with Gasteiger partial charge in [-0.15, -0.1) is 0 Å². The van der Waals surface area contributed by atoms with Crippen molar-refractivity contribution in [1.29, 1.82) is 0 Å². The molecule has 2 amide bonds. The summed E-state index contributed by atoms with van der Waals surface area (Å²) < 4.78 is 35.0. The number of hydrogen-bond acceptors (Lipinski definition) is 5. The summed E-state index contributed by atoms with van der Waals surface area (Å²) in [5, 5.41) is 6.93. The molecule has 2 heterocycles. The van der Waals surface area contributed by atoms with E-state index in [2.05, 4.69) is 22.1 Å². The number of carbonyl (C=O) groups is 1. The SMILES string of the molecule is CCC1COc2c(S(=O)(=O)NC(=O)Nc3cc4c(c5c3CCC5)CCC4)cnn2C1. The predicted octanol–water partition coefficient (Wildman–Crippen LogP) is 2.79. The number of rotatable bonds is 4. The lowest BCUT2D eigenvalue weighted by atomic mass is 9.98. The van der Waals surface area contributed by atoms with Crippen molar-refractivity contribution in [3.8, 4) is 5.88 Å². The Morgan fingerprint density at radius 3 is 2.80 bits per heavy atom. The molecule has 0 bridgehead atoms. The number of sulfonamides is 1. The second-order valence-corrected chi connectivity index (χ2v) is 10.0. The molecule has 0 spiro atoms. The Hall–Kier alpha value is -2.55. The summed E-state index contributed by atoms with van der Waals surface area (Å²) in [5.41, 5.74) is 5.95. The van der Waals surface area contributed by atoms with E-state index in [1.807, 2.05) is 6.07 Å². The molecule has 0 saturated heterocycles. The number of aryl methyl sites for hydroxylation is 1. The molecule has 1 aromatic heterocycles. The number of hydrogen-bond donors (Lipinski definition) is 2. The van der Waals surface area contributed by atoms with E-state index in [9.17, 15) is 13.2 Å². The van der Waals surface area contributed by atoms with E-state index in [0.29, 0.717) is 19.1 Å². The largest absolute Gasteiger partial charge is 0.476 e. The van der Waals surface area contributed by atoms with Crippen LogP contribution in [0.15, 0.2) is 17.2 Å². The topological polar surface area (TPSA) is 102 Å². The van der Waals surface area contributed by atoms with Crippen LogP contribution in [0.2, 0.25) is 0 Å². The smallest absolute Gasteiger partial charge is 0.333 e. The van der Waals surface area contributed by atoms with Gasteiger partial charge in [-0.05, 0) is 73.3 Å². The third-order valence-corrected chi connectivity index (χ3v) is 7.79. The molecular formula is C21H26N4O4S. The van der Waals surface area contributed by atoms with Gasteiger partial charge >= 0.3 is 6.03 Å². The summed E-state index contributed by atoms with van der Waals surface area (Å²) in [6.07, 6.45) is 8.43. The number of nitrogens with zero attached hydrogens (tertiary/aromatic N) is 2. The first-order valence-corrected chi connectivity index (χ1v) is 12.1. The Morgan fingerprint density at radius 2 is 1.97 bits per heavy atom.